The molecule has 2 aromatic carbocycles. The zero-order valence-electron chi connectivity index (χ0n) is 15.8. The smallest absolute Gasteiger partial charge is 0.251 e. The summed E-state index contributed by atoms with van der Waals surface area (Å²) in [5, 5.41) is 3.44. The predicted octanol–water partition coefficient (Wildman–Crippen LogP) is 4.07. The topological polar surface area (TPSA) is 69.0 Å². The minimum Gasteiger partial charge on any atom is -0.497 e. The lowest BCUT2D eigenvalue weighted by atomic mass is 10.2. The van der Waals surface area contributed by atoms with Crippen LogP contribution in [0.25, 0.3) is 11.2 Å². The summed E-state index contributed by atoms with van der Waals surface area (Å²) in [4.78, 5) is 21.6. The molecule has 0 spiro atoms. The summed E-state index contributed by atoms with van der Waals surface area (Å²) in [6, 6.07) is 18.4. The van der Waals surface area contributed by atoms with Crippen LogP contribution in [0.1, 0.15) is 21.7 Å². The van der Waals surface area contributed by atoms with Crippen molar-refractivity contribution in [3.05, 3.63) is 88.8 Å². The Bertz CT molecular complexity index is 1170. The molecule has 4 rings (SSSR count). The molecule has 6 nitrogen and oxygen atoms in total. The number of methoxy groups -OCH3 is 1. The number of amides is 1. The molecular formula is C22H19ClN4O2. The van der Waals surface area contributed by atoms with Gasteiger partial charge in [-0.2, -0.15) is 0 Å². The summed E-state index contributed by atoms with van der Waals surface area (Å²) in [7, 11) is 1.64. The third-order valence-corrected chi connectivity index (χ3v) is 4.79. The number of halogens is 1. The first-order valence-electron chi connectivity index (χ1n) is 9.11. The Kier molecular flexibility index (Phi) is 5.44. The molecule has 1 amide bonds. The molecule has 2 aromatic heterocycles. The number of aromatic nitrogens is 3. The highest BCUT2D eigenvalue weighted by atomic mass is 35.5. The number of nitrogens with one attached hydrogen (secondary N) is 1. The fourth-order valence-corrected chi connectivity index (χ4v) is 3.34. The number of hydrogen-bond acceptors (Lipinski definition) is 4. The van der Waals surface area contributed by atoms with Gasteiger partial charge in [-0.15, -0.1) is 0 Å². The van der Waals surface area contributed by atoms with E-state index in [-0.39, 0.29) is 12.5 Å². The zero-order chi connectivity index (χ0) is 20.2. The van der Waals surface area contributed by atoms with Gasteiger partial charge in [-0.25, -0.2) is 9.97 Å². The fraction of sp³-hybridized carbons (Fsp3) is 0.136. The highest BCUT2D eigenvalue weighted by molar-refractivity contribution is 6.30. The van der Waals surface area contributed by atoms with Gasteiger partial charge >= 0.3 is 0 Å². The molecule has 0 saturated heterocycles. The first-order valence-corrected chi connectivity index (χ1v) is 9.48. The van der Waals surface area contributed by atoms with Crippen LogP contribution in [0.5, 0.6) is 5.75 Å². The van der Waals surface area contributed by atoms with E-state index in [4.69, 9.17) is 16.3 Å². The molecule has 0 radical (unpaired) electrons. The van der Waals surface area contributed by atoms with E-state index in [0.29, 0.717) is 17.1 Å². The number of imidazole rings is 1. The summed E-state index contributed by atoms with van der Waals surface area (Å²) in [5.74, 6) is 1.30. The molecule has 146 valence electrons. The quantitative estimate of drug-likeness (QED) is 0.524. The lowest BCUT2D eigenvalue weighted by Crippen LogP contribution is -2.25. The molecule has 0 saturated carbocycles. The molecule has 2 heterocycles. The van der Waals surface area contributed by atoms with Crippen LogP contribution in [0.2, 0.25) is 5.02 Å². The average Bonchev–Trinajstić information content (AvgIpc) is 3.09. The van der Waals surface area contributed by atoms with E-state index < -0.39 is 0 Å². The van der Waals surface area contributed by atoms with E-state index in [1.54, 1.807) is 37.6 Å². The normalized spacial score (nSPS) is 10.8. The van der Waals surface area contributed by atoms with E-state index >= 15 is 0 Å². The standard InChI is InChI=1S/C22H19ClN4O2/c1-29-18-8-2-5-15(11-18)14-27-20(26-19-9-4-10-24-21(19)27)13-25-22(28)16-6-3-7-17(23)12-16/h2-12H,13-14H2,1H3,(H,25,28). The monoisotopic (exact) mass is 406 g/mol. The van der Waals surface area contributed by atoms with E-state index in [9.17, 15) is 4.79 Å². The van der Waals surface area contributed by atoms with Gasteiger partial charge in [-0.3, -0.25) is 4.79 Å². The maximum Gasteiger partial charge on any atom is 0.251 e. The van der Waals surface area contributed by atoms with Gasteiger partial charge in [0, 0.05) is 16.8 Å². The molecule has 0 aliphatic rings. The highest BCUT2D eigenvalue weighted by Gasteiger charge is 2.14. The van der Waals surface area contributed by atoms with Crippen molar-refractivity contribution in [3.8, 4) is 5.75 Å². The number of carbonyl (C=O) groups is 1. The lowest BCUT2D eigenvalue weighted by Gasteiger charge is -2.11. The Hall–Kier alpha value is -3.38. The van der Waals surface area contributed by atoms with Crippen molar-refractivity contribution in [3.63, 3.8) is 0 Å². The second-order valence-corrected chi connectivity index (χ2v) is 6.94. The lowest BCUT2D eigenvalue weighted by molar-refractivity contribution is 0.0949. The molecule has 0 bridgehead atoms. The van der Waals surface area contributed by atoms with Crippen LogP contribution in [-0.2, 0) is 13.1 Å². The van der Waals surface area contributed by atoms with Crippen LogP contribution in [0, 0.1) is 0 Å². The van der Waals surface area contributed by atoms with Crippen LogP contribution in [0.4, 0.5) is 0 Å². The van der Waals surface area contributed by atoms with Gasteiger partial charge in [-0.05, 0) is 48.0 Å². The van der Waals surface area contributed by atoms with Crippen molar-refractivity contribution in [2.45, 2.75) is 13.1 Å². The van der Waals surface area contributed by atoms with Crippen molar-refractivity contribution < 1.29 is 9.53 Å². The van der Waals surface area contributed by atoms with Gasteiger partial charge in [0.05, 0.1) is 20.2 Å². The number of hydrogen-bond donors (Lipinski definition) is 1. The fourth-order valence-electron chi connectivity index (χ4n) is 3.15. The van der Waals surface area contributed by atoms with Crippen LogP contribution in [0.3, 0.4) is 0 Å². The van der Waals surface area contributed by atoms with Gasteiger partial charge in [0.25, 0.3) is 5.91 Å². The van der Waals surface area contributed by atoms with Crippen molar-refractivity contribution >= 4 is 28.7 Å². The zero-order valence-corrected chi connectivity index (χ0v) is 16.6. The van der Waals surface area contributed by atoms with E-state index in [1.165, 1.54) is 0 Å². The SMILES string of the molecule is COc1cccc(Cn2c(CNC(=O)c3cccc(Cl)c3)nc3cccnc32)c1. The van der Waals surface area contributed by atoms with Crippen molar-refractivity contribution in [2.75, 3.05) is 7.11 Å². The van der Waals surface area contributed by atoms with Crippen molar-refractivity contribution in [1.82, 2.24) is 19.9 Å². The van der Waals surface area contributed by atoms with Gasteiger partial charge in [0.1, 0.15) is 17.1 Å². The number of ether oxygens (including phenoxy) is 1. The third kappa shape index (κ3) is 4.22. The molecule has 0 atom stereocenters. The molecule has 4 aromatic rings. The predicted molar refractivity (Wildman–Crippen MR) is 112 cm³/mol. The molecule has 0 aliphatic carbocycles. The second-order valence-electron chi connectivity index (χ2n) is 6.50. The Morgan fingerprint density at radius 3 is 2.83 bits per heavy atom. The Balaban J connectivity index is 1.61. The van der Waals surface area contributed by atoms with Gasteiger partial charge in [0.2, 0.25) is 0 Å². The largest absolute Gasteiger partial charge is 0.497 e. The van der Waals surface area contributed by atoms with Gasteiger partial charge in [-0.1, -0.05) is 29.8 Å². The molecule has 7 heteroatoms. The molecule has 0 aliphatic heterocycles. The van der Waals surface area contributed by atoms with Gasteiger partial charge < -0.3 is 14.6 Å². The molecule has 29 heavy (non-hydrogen) atoms. The number of rotatable bonds is 6. The highest BCUT2D eigenvalue weighted by Crippen LogP contribution is 2.19. The summed E-state index contributed by atoms with van der Waals surface area (Å²) < 4.78 is 7.32. The first kappa shape index (κ1) is 19.0. The minimum atomic E-state index is -0.208. The summed E-state index contributed by atoms with van der Waals surface area (Å²) in [6.45, 7) is 0.832. The second kappa shape index (κ2) is 8.32. The Morgan fingerprint density at radius 2 is 2.00 bits per heavy atom. The number of nitrogens with zero attached hydrogens (tertiary/aromatic N) is 3. The van der Waals surface area contributed by atoms with Crippen LogP contribution in [-0.4, -0.2) is 27.6 Å². The maximum absolute atomic E-state index is 12.5. The third-order valence-electron chi connectivity index (χ3n) is 4.55. The first-order chi connectivity index (χ1) is 14.1. The van der Waals surface area contributed by atoms with Crippen LogP contribution >= 0.6 is 11.6 Å². The van der Waals surface area contributed by atoms with E-state index in [0.717, 1.165) is 28.3 Å². The summed E-state index contributed by atoms with van der Waals surface area (Å²) >= 11 is 5.98. The number of pyridine rings is 1. The van der Waals surface area contributed by atoms with Crippen LogP contribution < -0.4 is 10.1 Å². The minimum absolute atomic E-state index is 0.208. The number of benzene rings is 2. The van der Waals surface area contributed by atoms with Crippen molar-refractivity contribution in [2.24, 2.45) is 0 Å². The van der Waals surface area contributed by atoms with Crippen LogP contribution in [0.15, 0.2) is 66.9 Å². The molecule has 1 N–H and O–H groups in total. The molecule has 0 fully saturated rings. The summed E-state index contributed by atoms with van der Waals surface area (Å²) in [6.07, 6.45) is 1.74. The van der Waals surface area contributed by atoms with Crippen molar-refractivity contribution in [1.29, 1.82) is 0 Å². The van der Waals surface area contributed by atoms with E-state index in [1.807, 2.05) is 41.0 Å². The Labute approximate surface area is 173 Å². The number of fused-ring (bicyclic) bond motifs is 1. The van der Waals surface area contributed by atoms with Gasteiger partial charge in [0.15, 0.2) is 5.65 Å². The average molecular weight is 407 g/mol. The number of carbonyl (C=O) groups excluding carboxylic acids is 1. The molecule has 0 unspecified atom stereocenters. The van der Waals surface area contributed by atoms with E-state index in [2.05, 4.69) is 15.3 Å². The maximum atomic E-state index is 12.5. The molecular weight excluding hydrogens is 388 g/mol. The summed E-state index contributed by atoms with van der Waals surface area (Å²) in [5.41, 5.74) is 3.10. The Morgan fingerprint density at radius 1 is 1.14 bits per heavy atom.